The molecule has 5 heteroatoms. The number of rotatable bonds is 5. The SMILES string of the molecule is COc1cccc([C@@H]2CCN2C(=O)CCc2n[nH]c(C)c2C)c1. The van der Waals surface area contributed by atoms with Gasteiger partial charge in [-0.2, -0.15) is 5.10 Å². The lowest BCUT2D eigenvalue weighted by molar-refractivity contribution is -0.139. The van der Waals surface area contributed by atoms with E-state index in [0.29, 0.717) is 12.8 Å². The van der Waals surface area contributed by atoms with Crippen LogP contribution in [-0.4, -0.2) is 34.7 Å². The van der Waals surface area contributed by atoms with Crippen LogP contribution in [0.5, 0.6) is 5.75 Å². The number of hydrogen-bond donors (Lipinski definition) is 1. The zero-order valence-electron chi connectivity index (χ0n) is 13.9. The molecule has 1 aromatic carbocycles. The van der Waals surface area contributed by atoms with E-state index in [1.807, 2.05) is 36.9 Å². The van der Waals surface area contributed by atoms with Crippen molar-refractivity contribution in [1.29, 1.82) is 0 Å². The second kappa shape index (κ2) is 6.44. The largest absolute Gasteiger partial charge is 0.497 e. The van der Waals surface area contributed by atoms with Crippen LogP contribution in [0.25, 0.3) is 0 Å². The minimum atomic E-state index is 0.180. The number of amides is 1. The van der Waals surface area contributed by atoms with Crippen molar-refractivity contribution in [2.45, 2.75) is 39.2 Å². The molecule has 0 radical (unpaired) electrons. The maximum absolute atomic E-state index is 12.5. The number of methoxy groups -OCH3 is 1. The Kier molecular flexibility index (Phi) is 4.37. The molecule has 1 atom stereocenters. The van der Waals surface area contributed by atoms with E-state index >= 15 is 0 Å². The standard InChI is InChI=1S/C18H23N3O2/c1-12-13(2)19-20-16(12)7-8-18(22)21-10-9-17(21)14-5-4-6-15(11-14)23-3/h4-6,11,17H,7-10H2,1-3H3,(H,19,20)/t17-/m0/s1. The molecule has 0 saturated carbocycles. The Labute approximate surface area is 136 Å². The zero-order valence-corrected chi connectivity index (χ0v) is 13.9. The van der Waals surface area contributed by atoms with Gasteiger partial charge in [-0.05, 0) is 43.5 Å². The number of ether oxygens (including phenoxy) is 1. The molecule has 2 aromatic rings. The van der Waals surface area contributed by atoms with Crippen molar-refractivity contribution in [3.8, 4) is 5.75 Å². The highest BCUT2D eigenvalue weighted by Gasteiger charge is 2.33. The second-order valence-electron chi connectivity index (χ2n) is 6.09. The van der Waals surface area contributed by atoms with Crippen LogP contribution in [0.3, 0.4) is 0 Å². The van der Waals surface area contributed by atoms with Crippen LogP contribution in [0, 0.1) is 13.8 Å². The molecule has 122 valence electrons. The first kappa shape index (κ1) is 15.6. The van der Waals surface area contributed by atoms with Gasteiger partial charge in [0.1, 0.15) is 5.75 Å². The molecule has 3 rings (SSSR count). The highest BCUT2D eigenvalue weighted by Crippen LogP contribution is 2.35. The van der Waals surface area contributed by atoms with E-state index in [0.717, 1.165) is 41.2 Å². The summed E-state index contributed by atoms with van der Waals surface area (Å²) in [5.41, 5.74) is 4.38. The van der Waals surface area contributed by atoms with E-state index < -0.39 is 0 Å². The molecule has 1 aliphatic heterocycles. The maximum Gasteiger partial charge on any atom is 0.223 e. The average molecular weight is 313 g/mol. The third-order valence-corrected chi connectivity index (χ3v) is 4.75. The Bertz CT molecular complexity index is 708. The molecule has 1 aromatic heterocycles. The summed E-state index contributed by atoms with van der Waals surface area (Å²) in [7, 11) is 1.66. The van der Waals surface area contributed by atoms with E-state index in [2.05, 4.69) is 16.3 Å². The van der Waals surface area contributed by atoms with Gasteiger partial charge in [0.15, 0.2) is 0 Å². The predicted octanol–water partition coefficient (Wildman–Crippen LogP) is 2.94. The summed E-state index contributed by atoms with van der Waals surface area (Å²) in [5, 5.41) is 7.25. The number of nitrogens with zero attached hydrogens (tertiary/aromatic N) is 2. The Morgan fingerprint density at radius 2 is 2.26 bits per heavy atom. The maximum atomic E-state index is 12.5. The third kappa shape index (κ3) is 3.09. The Hall–Kier alpha value is -2.30. The van der Waals surface area contributed by atoms with Gasteiger partial charge in [0.2, 0.25) is 5.91 Å². The minimum Gasteiger partial charge on any atom is -0.497 e. The van der Waals surface area contributed by atoms with Crippen LogP contribution in [-0.2, 0) is 11.2 Å². The van der Waals surface area contributed by atoms with Crippen molar-refractivity contribution in [2.75, 3.05) is 13.7 Å². The smallest absolute Gasteiger partial charge is 0.223 e. The van der Waals surface area contributed by atoms with Gasteiger partial charge in [-0.3, -0.25) is 9.89 Å². The van der Waals surface area contributed by atoms with Crippen molar-refractivity contribution in [1.82, 2.24) is 15.1 Å². The molecule has 0 aliphatic carbocycles. The van der Waals surface area contributed by atoms with Gasteiger partial charge in [0, 0.05) is 25.1 Å². The molecule has 0 bridgehead atoms. The Morgan fingerprint density at radius 1 is 1.43 bits per heavy atom. The number of nitrogens with one attached hydrogen (secondary N) is 1. The Morgan fingerprint density at radius 3 is 2.87 bits per heavy atom. The van der Waals surface area contributed by atoms with Crippen molar-refractivity contribution < 1.29 is 9.53 Å². The van der Waals surface area contributed by atoms with Crippen LogP contribution in [0.2, 0.25) is 0 Å². The highest BCUT2D eigenvalue weighted by atomic mass is 16.5. The van der Waals surface area contributed by atoms with E-state index in [9.17, 15) is 4.79 Å². The first-order chi connectivity index (χ1) is 11.1. The fourth-order valence-corrected chi connectivity index (χ4v) is 3.03. The topological polar surface area (TPSA) is 58.2 Å². The van der Waals surface area contributed by atoms with Gasteiger partial charge < -0.3 is 9.64 Å². The summed E-state index contributed by atoms with van der Waals surface area (Å²) in [6.45, 7) is 4.88. The molecule has 0 spiro atoms. The van der Waals surface area contributed by atoms with Crippen molar-refractivity contribution in [3.63, 3.8) is 0 Å². The average Bonchev–Trinajstić information content (AvgIpc) is 2.84. The van der Waals surface area contributed by atoms with Crippen LogP contribution in [0.1, 0.15) is 41.4 Å². The minimum absolute atomic E-state index is 0.180. The predicted molar refractivity (Wildman–Crippen MR) is 88.4 cm³/mol. The molecule has 2 heterocycles. The molecule has 1 fully saturated rings. The lowest BCUT2D eigenvalue weighted by Gasteiger charge is -2.41. The molecule has 0 unspecified atom stereocenters. The van der Waals surface area contributed by atoms with Gasteiger partial charge in [0.05, 0.1) is 18.8 Å². The number of aromatic nitrogens is 2. The summed E-state index contributed by atoms with van der Waals surface area (Å²) < 4.78 is 5.27. The van der Waals surface area contributed by atoms with Crippen LogP contribution < -0.4 is 4.74 Å². The first-order valence-corrected chi connectivity index (χ1v) is 8.04. The van der Waals surface area contributed by atoms with Crippen molar-refractivity contribution in [3.05, 3.63) is 46.8 Å². The summed E-state index contributed by atoms with van der Waals surface area (Å²) in [4.78, 5) is 14.5. The number of H-pyrrole nitrogens is 1. The van der Waals surface area contributed by atoms with E-state index in [4.69, 9.17) is 4.74 Å². The normalized spacial score (nSPS) is 17.0. The van der Waals surface area contributed by atoms with Gasteiger partial charge in [0.25, 0.3) is 0 Å². The van der Waals surface area contributed by atoms with Gasteiger partial charge >= 0.3 is 0 Å². The molecule has 1 amide bonds. The fourth-order valence-electron chi connectivity index (χ4n) is 3.03. The second-order valence-corrected chi connectivity index (χ2v) is 6.09. The van der Waals surface area contributed by atoms with Crippen molar-refractivity contribution in [2.24, 2.45) is 0 Å². The van der Waals surface area contributed by atoms with E-state index in [1.165, 1.54) is 0 Å². The zero-order chi connectivity index (χ0) is 16.4. The van der Waals surface area contributed by atoms with Crippen LogP contribution >= 0.6 is 0 Å². The number of benzene rings is 1. The third-order valence-electron chi connectivity index (χ3n) is 4.75. The number of aryl methyl sites for hydroxylation is 2. The molecule has 23 heavy (non-hydrogen) atoms. The first-order valence-electron chi connectivity index (χ1n) is 8.04. The summed E-state index contributed by atoms with van der Waals surface area (Å²) in [6.07, 6.45) is 2.21. The monoisotopic (exact) mass is 313 g/mol. The number of hydrogen-bond acceptors (Lipinski definition) is 3. The number of aromatic amines is 1. The van der Waals surface area contributed by atoms with Crippen LogP contribution in [0.4, 0.5) is 0 Å². The lowest BCUT2D eigenvalue weighted by atomic mass is 9.93. The molecule has 1 saturated heterocycles. The Balaban J connectivity index is 1.62. The summed E-state index contributed by atoms with van der Waals surface area (Å²) in [5.74, 6) is 1.04. The molecule has 5 nitrogen and oxygen atoms in total. The number of likely N-dealkylation sites (tertiary alicyclic amines) is 1. The molecule has 1 N–H and O–H groups in total. The number of carbonyl (C=O) groups excluding carboxylic acids is 1. The molecule has 1 aliphatic rings. The van der Waals surface area contributed by atoms with E-state index in [-0.39, 0.29) is 11.9 Å². The van der Waals surface area contributed by atoms with Crippen LogP contribution in [0.15, 0.2) is 24.3 Å². The van der Waals surface area contributed by atoms with Gasteiger partial charge in [-0.1, -0.05) is 12.1 Å². The quantitative estimate of drug-likeness (QED) is 0.923. The van der Waals surface area contributed by atoms with E-state index in [1.54, 1.807) is 7.11 Å². The summed E-state index contributed by atoms with van der Waals surface area (Å²) in [6, 6.07) is 8.17. The van der Waals surface area contributed by atoms with Crippen molar-refractivity contribution >= 4 is 5.91 Å². The van der Waals surface area contributed by atoms with Gasteiger partial charge in [-0.25, -0.2) is 0 Å². The highest BCUT2D eigenvalue weighted by molar-refractivity contribution is 5.78. The van der Waals surface area contributed by atoms with Gasteiger partial charge in [-0.15, -0.1) is 0 Å². The fraction of sp³-hybridized carbons (Fsp3) is 0.444. The summed E-state index contributed by atoms with van der Waals surface area (Å²) >= 11 is 0. The lowest BCUT2D eigenvalue weighted by Crippen LogP contribution is -2.45. The number of carbonyl (C=O) groups is 1. The molecular weight excluding hydrogens is 290 g/mol. The molecular formula is C18H23N3O2.